The summed E-state index contributed by atoms with van der Waals surface area (Å²) in [6.07, 6.45) is 5.15. The maximum absolute atomic E-state index is 12.1. The van der Waals surface area contributed by atoms with Crippen molar-refractivity contribution in [3.8, 4) is 0 Å². The summed E-state index contributed by atoms with van der Waals surface area (Å²) in [5, 5.41) is 0. The van der Waals surface area contributed by atoms with Crippen molar-refractivity contribution in [2.24, 2.45) is 0 Å². The summed E-state index contributed by atoms with van der Waals surface area (Å²) in [6.45, 7) is 1.68. The van der Waals surface area contributed by atoms with Gasteiger partial charge in [0.2, 0.25) is 5.91 Å². The van der Waals surface area contributed by atoms with Crippen LogP contribution in [-0.2, 0) is 4.79 Å². The highest BCUT2D eigenvalue weighted by Crippen LogP contribution is 2.13. The third-order valence-electron chi connectivity index (χ3n) is 3.76. The second-order valence-electron chi connectivity index (χ2n) is 5.34. The third-order valence-corrected chi connectivity index (χ3v) is 3.76. The number of anilines is 1. The van der Waals surface area contributed by atoms with Crippen molar-refractivity contribution in [3.05, 3.63) is 29.8 Å². The Kier molecular flexibility index (Phi) is 5.16. The van der Waals surface area contributed by atoms with Gasteiger partial charge in [-0.25, -0.2) is 0 Å². The summed E-state index contributed by atoms with van der Waals surface area (Å²) in [6, 6.07) is 6.86. The predicted octanol–water partition coefficient (Wildman–Crippen LogP) is 2.63. The minimum absolute atomic E-state index is 0.00757. The highest BCUT2D eigenvalue weighted by Gasteiger charge is 2.16. The van der Waals surface area contributed by atoms with Crippen molar-refractivity contribution < 1.29 is 9.59 Å². The Morgan fingerprint density at radius 2 is 1.55 bits per heavy atom. The van der Waals surface area contributed by atoms with Gasteiger partial charge in [0, 0.05) is 37.2 Å². The van der Waals surface area contributed by atoms with Crippen molar-refractivity contribution in [3.63, 3.8) is 0 Å². The fourth-order valence-corrected chi connectivity index (χ4v) is 2.51. The van der Waals surface area contributed by atoms with Crippen LogP contribution in [0.15, 0.2) is 24.3 Å². The summed E-state index contributed by atoms with van der Waals surface area (Å²) in [7, 11) is 0. The summed E-state index contributed by atoms with van der Waals surface area (Å²) in [5.41, 5.74) is 6.86. The number of hydrogen-bond acceptors (Lipinski definition) is 3. The second-order valence-corrected chi connectivity index (χ2v) is 5.34. The van der Waals surface area contributed by atoms with E-state index >= 15 is 0 Å². The molecule has 2 rings (SSSR count). The van der Waals surface area contributed by atoms with Crippen LogP contribution in [-0.4, -0.2) is 29.7 Å². The van der Waals surface area contributed by atoms with E-state index < -0.39 is 0 Å². The molecule has 4 heteroatoms. The van der Waals surface area contributed by atoms with Crippen molar-refractivity contribution in [2.45, 2.75) is 38.5 Å². The minimum atomic E-state index is 0.00757. The first-order valence-corrected chi connectivity index (χ1v) is 7.33. The number of Topliss-reactive ketones (excluding diaryl/α,β-unsaturated/α-hetero) is 1. The quantitative estimate of drug-likeness (QED) is 0.678. The van der Waals surface area contributed by atoms with Gasteiger partial charge in [-0.3, -0.25) is 9.59 Å². The molecule has 108 valence electrons. The van der Waals surface area contributed by atoms with Gasteiger partial charge in [-0.1, -0.05) is 12.8 Å². The van der Waals surface area contributed by atoms with Crippen LogP contribution >= 0.6 is 0 Å². The fraction of sp³-hybridized carbons (Fsp3) is 0.500. The van der Waals surface area contributed by atoms with Gasteiger partial charge in [0.1, 0.15) is 0 Å². The number of benzene rings is 1. The minimum Gasteiger partial charge on any atom is -0.399 e. The van der Waals surface area contributed by atoms with E-state index in [0.717, 1.165) is 25.9 Å². The lowest BCUT2D eigenvalue weighted by atomic mass is 10.1. The first kappa shape index (κ1) is 14.6. The summed E-state index contributed by atoms with van der Waals surface area (Å²) in [5.74, 6) is 0.115. The van der Waals surface area contributed by atoms with E-state index in [1.807, 2.05) is 4.90 Å². The molecule has 1 fully saturated rings. The molecule has 20 heavy (non-hydrogen) atoms. The number of carbonyl (C=O) groups is 2. The smallest absolute Gasteiger partial charge is 0.223 e. The zero-order valence-electron chi connectivity index (χ0n) is 11.8. The predicted molar refractivity (Wildman–Crippen MR) is 79.5 cm³/mol. The molecule has 1 amide bonds. The molecule has 2 N–H and O–H groups in total. The van der Waals surface area contributed by atoms with Gasteiger partial charge < -0.3 is 10.6 Å². The zero-order valence-corrected chi connectivity index (χ0v) is 11.8. The lowest BCUT2D eigenvalue weighted by Crippen LogP contribution is -2.32. The Bertz CT molecular complexity index is 460. The van der Waals surface area contributed by atoms with Gasteiger partial charge in [0.15, 0.2) is 5.78 Å². The maximum atomic E-state index is 12.1. The molecule has 1 aromatic carbocycles. The lowest BCUT2D eigenvalue weighted by Gasteiger charge is -2.20. The van der Waals surface area contributed by atoms with Crippen LogP contribution in [0.1, 0.15) is 48.9 Å². The van der Waals surface area contributed by atoms with Gasteiger partial charge >= 0.3 is 0 Å². The average Bonchev–Trinajstić information content (AvgIpc) is 2.74. The SMILES string of the molecule is Nc1ccc(C(=O)CCC(=O)N2CCCCCC2)cc1. The molecule has 4 nitrogen and oxygen atoms in total. The Morgan fingerprint density at radius 1 is 0.950 bits per heavy atom. The van der Waals surface area contributed by atoms with Gasteiger partial charge in [-0.05, 0) is 37.1 Å². The van der Waals surface area contributed by atoms with Gasteiger partial charge in [-0.2, -0.15) is 0 Å². The number of carbonyl (C=O) groups excluding carboxylic acids is 2. The van der Waals surface area contributed by atoms with E-state index in [1.54, 1.807) is 24.3 Å². The number of nitrogens with two attached hydrogens (primary N) is 1. The first-order valence-electron chi connectivity index (χ1n) is 7.33. The van der Waals surface area contributed by atoms with Crippen LogP contribution in [0.25, 0.3) is 0 Å². The summed E-state index contributed by atoms with van der Waals surface area (Å²) < 4.78 is 0. The van der Waals surface area contributed by atoms with Crippen molar-refractivity contribution >= 4 is 17.4 Å². The Balaban J connectivity index is 1.83. The Labute approximate surface area is 119 Å². The molecule has 0 radical (unpaired) electrons. The van der Waals surface area contributed by atoms with Gasteiger partial charge in [-0.15, -0.1) is 0 Å². The standard InChI is InChI=1S/C16H22N2O2/c17-14-7-5-13(6-8-14)15(19)9-10-16(20)18-11-3-1-2-4-12-18/h5-8H,1-4,9-12,17H2. The molecule has 1 aliphatic rings. The molecule has 1 aliphatic heterocycles. The zero-order chi connectivity index (χ0) is 14.4. The lowest BCUT2D eigenvalue weighted by molar-refractivity contribution is -0.131. The summed E-state index contributed by atoms with van der Waals surface area (Å²) >= 11 is 0. The van der Waals surface area contributed by atoms with Crippen LogP contribution in [0, 0.1) is 0 Å². The molecule has 0 saturated carbocycles. The second kappa shape index (κ2) is 7.08. The fourth-order valence-electron chi connectivity index (χ4n) is 2.51. The molecular formula is C16H22N2O2. The number of likely N-dealkylation sites (tertiary alicyclic amines) is 1. The molecular weight excluding hydrogens is 252 g/mol. The van der Waals surface area contributed by atoms with Crippen LogP contribution in [0.5, 0.6) is 0 Å². The summed E-state index contributed by atoms with van der Waals surface area (Å²) in [4.78, 5) is 26.0. The average molecular weight is 274 g/mol. The normalized spacial score (nSPS) is 15.7. The number of hydrogen-bond donors (Lipinski definition) is 1. The molecule has 0 bridgehead atoms. The van der Waals surface area contributed by atoms with E-state index in [0.29, 0.717) is 17.7 Å². The molecule has 0 unspecified atom stereocenters. The Morgan fingerprint density at radius 3 is 2.15 bits per heavy atom. The maximum Gasteiger partial charge on any atom is 0.223 e. The van der Waals surface area contributed by atoms with E-state index in [9.17, 15) is 9.59 Å². The Hall–Kier alpha value is -1.84. The molecule has 1 saturated heterocycles. The molecule has 1 aromatic rings. The van der Waals surface area contributed by atoms with E-state index in [-0.39, 0.29) is 18.1 Å². The first-order chi connectivity index (χ1) is 9.66. The number of amides is 1. The molecule has 0 spiro atoms. The number of rotatable bonds is 4. The van der Waals surface area contributed by atoms with Crippen molar-refractivity contribution in [2.75, 3.05) is 18.8 Å². The van der Waals surface area contributed by atoms with Crippen molar-refractivity contribution in [1.29, 1.82) is 0 Å². The number of nitrogen functional groups attached to an aromatic ring is 1. The monoisotopic (exact) mass is 274 g/mol. The molecule has 0 aromatic heterocycles. The topological polar surface area (TPSA) is 63.4 Å². The number of nitrogens with zero attached hydrogens (tertiary/aromatic N) is 1. The van der Waals surface area contributed by atoms with Crippen LogP contribution in [0.3, 0.4) is 0 Å². The van der Waals surface area contributed by atoms with Crippen LogP contribution < -0.4 is 5.73 Å². The van der Waals surface area contributed by atoms with Crippen molar-refractivity contribution in [1.82, 2.24) is 4.90 Å². The highest BCUT2D eigenvalue weighted by atomic mass is 16.2. The van der Waals surface area contributed by atoms with Gasteiger partial charge in [0.25, 0.3) is 0 Å². The van der Waals surface area contributed by atoms with E-state index in [1.165, 1.54) is 12.8 Å². The third kappa shape index (κ3) is 4.08. The molecule has 1 heterocycles. The van der Waals surface area contributed by atoms with Crippen LogP contribution in [0.2, 0.25) is 0 Å². The van der Waals surface area contributed by atoms with E-state index in [2.05, 4.69) is 0 Å². The van der Waals surface area contributed by atoms with Gasteiger partial charge in [0.05, 0.1) is 0 Å². The highest BCUT2D eigenvalue weighted by molar-refractivity contribution is 5.98. The van der Waals surface area contributed by atoms with E-state index in [4.69, 9.17) is 5.73 Å². The molecule has 0 atom stereocenters. The largest absolute Gasteiger partial charge is 0.399 e. The van der Waals surface area contributed by atoms with Crippen LogP contribution in [0.4, 0.5) is 5.69 Å². The molecule has 0 aliphatic carbocycles. The number of ketones is 1.